The Bertz CT molecular complexity index is 2430. The second kappa shape index (κ2) is 17.5. The number of Topliss-reactive ketones (excluding diaryl/α,β-unsaturated/α-hetero) is 1. The number of esters is 4. The predicted molar refractivity (Wildman–Crippen MR) is 236 cm³/mol. The maximum atomic E-state index is 15.6. The van der Waals surface area contributed by atoms with Crippen LogP contribution in [-0.2, 0) is 48.3 Å². The van der Waals surface area contributed by atoms with Crippen LogP contribution in [0.1, 0.15) is 113 Å². The topological polar surface area (TPSA) is 221 Å². The van der Waals surface area contributed by atoms with Gasteiger partial charge in [0, 0.05) is 37.7 Å². The molecule has 1 amide bonds. The first-order chi connectivity index (χ1) is 30.9. The van der Waals surface area contributed by atoms with Crippen LogP contribution in [0.3, 0.4) is 0 Å². The minimum Gasteiger partial charge on any atom is -0.456 e. The fourth-order valence-electron chi connectivity index (χ4n) is 10.7. The smallest absolute Gasteiger partial charge is 0.338 e. The van der Waals surface area contributed by atoms with Gasteiger partial charge in [0.25, 0.3) is 5.91 Å². The van der Waals surface area contributed by atoms with Crippen molar-refractivity contribution >= 4 is 35.6 Å². The number of ether oxygens (including phenoxy) is 5. The molecule has 3 fully saturated rings. The molecule has 0 aromatic heterocycles. The highest BCUT2D eigenvalue weighted by Crippen LogP contribution is 2.64. The molecular formula is C51H59NO14. The number of carbonyl (C=O) groups is 6. The van der Waals surface area contributed by atoms with Crippen molar-refractivity contribution in [2.24, 2.45) is 16.7 Å². The Labute approximate surface area is 383 Å². The second-order valence-corrected chi connectivity index (χ2v) is 19.8. The molecule has 7 rings (SSSR count). The van der Waals surface area contributed by atoms with Crippen LogP contribution in [-0.4, -0.2) is 105 Å². The summed E-state index contributed by atoms with van der Waals surface area (Å²) < 4.78 is 30.4. The summed E-state index contributed by atoms with van der Waals surface area (Å²) in [6.45, 7) is 14.1. The lowest BCUT2D eigenvalue weighted by Crippen LogP contribution is -2.82. The first-order valence-electron chi connectivity index (χ1n) is 22.1. The second-order valence-electron chi connectivity index (χ2n) is 19.8. The summed E-state index contributed by atoms with van der Waals surface area (Å²) >= 11 is 0. The molecule has 2 bridgehead atoms. The van der Waals surface area contributed by atoms with Gasteiger partial charge in [-0.15, -0.1) is 0 Å². The van der Waals surface area contributed by atoms with Gasteiger partial charge in [-0.1, -0.05) is 95.3 Å². The molecule has 1 saturated heterocycles. The molecule has 66 heavy (non-hydrogen) atoms. The van der Waals surface area contributed by atoms with Crippen LogP contribution in [0.5, 0.6) is 0 Å². The van der Waals surface area contributed by atoms with E-state index in [9.17, 15) is 39.3 Å². The average molecular weight is 910 g/mol. The summed E-state index contributed by atoms with van der Waals surface area (Å²) in [6.07, 6.45) is -10.6. The van der Waals surface area contributed by atoms with Crippen molar-refractivity contribution in [1.82, 2.24) is 5.32 Å². The number of aliphatic hydroxyl groups excluding tert-OH is 2. The molecule has 3 aromatic carbocycles. The van der Waals surface area contributed by atoms with Crippen molar-refractivity contribution in [3.8, 4) is 0 Å². The largest absolute Gasteiger partial charge is 0.456 e. The molecule has 0 radical (unpaired) electrons. The van der Waals surface area contributed by atoms with E-state index >= 15 is 4.79 Å². The summed E-state index contributed by atoms with van der Waals surface area (Å²) in [7, 11) is 0. The number of amides is 1. The first kappa shape index (κ1) is 48.2. The molecule has 3 aromatic rings. The van der Waals surface area contributed by atoms with Crippen LogP contribution >= 0.6 is 0 Å². The third-order valence-corrected chi connectivity index (χ3v) is 14.5. The number of nitrogens with one attached hydrogen (secondary N) is 1. The Kier molecular flexibility index (Phi) is 12.8. The van der Waals surface area contributed by atoms with E-state index in [0.717, 1.165) is 19.4 Å². The summed E-state index contributed by atoms with van der Waals surface area (Å²) in [4.78, 5) is 84.2. The highest BCUT2D eigenvalue weighted by molar-refractivity contribution is 5.96. The standard InChI is InChI=1S/C51H59NO14/c1-27-34(64-46(60)39(56)38(30-16-12-10-13-17-30)52-44(58)31-20-22-33(23-21-31)47(4,5)6)25-51(61)43(65-45(59)32-18-14-11-15-19-32)41-49(9,35(55)24-36-50(41,26-62-36)66-29(3)54)42(57)40(63-28(2)53)37(27)48(51,7)8/h10-23,34-36,38-41,43,55-56,61H,24-26H2,1-9H3,(H,52,58)/t34-,35-,36+,38-,39+,40+,41?,43?,49+,50-,51+/m0/s1. The third-order valence-electron chi connectivity index (χ3n) is 14.5. The fourth-order valence-corrected chi connectivity index (χ4v) is 10.7. The molecule has 352 valence electrons. The Hall–Kier alpha value is -5.74. The maximum Gasteiger partial charge on any atom is 0.338 e. The van der Waals surface area contributed by atoms with Crippen LogP contribution in [0.25, 0.3) is 0 Å². The Morgan fingerprint density at radius 1 is 0.833 bits per heavy atom. The van der Waals surface area contributed by atoms with E-state index in [4.69, 9.17) is 23.7 Å². The number of fused-ring (bicyclic) bond motifs is 5. The molecule has 15 nitrogen and oxygen atoms in total. The zero-order valence-electron chi connectivity index (χ0n) is 38.7. The van der Waals surface area contributed by atoms with Crippen molar-refractivity contribution in [2.45, 2.75) is 134 Å². The third kappa shape index (κ3) is 8.13. The highest BCUT2D eigenvalue weighted by Gasteiger charge is 2.78. The van der Waals surface area contributed by atoms with Gasteiger partial charge in [0.1, 0.15) is 23.9 Å². The van der Waals surface area contributed by atoms with E-state index < -0.39 is 113 Å². The van der Waals surface area contributed by atoms with Gasteiger partial charge in [-0.05, 0) is 65.8 Å². The lowest BCUT2D eigenvalue weighted by atomic mass is 9.44. The van der Waals surface area contributed by atoms with E-state index in [-0.39, 0.29) is 40.7 Å². The molecule has 0 spiro atoms. The molecule has 2 saturated carbocycles. The SMILES string of the molecule is CC(=O)O[C@H]1C(=O)[C@@]2(C)C(C(OC(=O)c3ccccc3)[C@]3(O)C[C@H](OC(=O)[C@H](O)[C@@H](NC(=O)c4ccc(C(C)(C)C)cc4)c4ccccc4)C(C)=C1C3(C)C)[C@]1(OC(C)=O)CO[C@@H]1C[C@@H]2O. The minimum absolute atomic E-state index is 0.00323. The van der Waals surface area contributed by atoms with Crippen molar-refractivity contribution < 1.29 is 67.8 Å². The van der Waals surface area contributed by atoms with Crippen molar-refractivity contribution in [1.29, 1.82) is 0 Å². The summed E-state index contributed by atoms with van der Waals surface area (Å²) in [5, 5.41) is 40.6. The van der Waals surface area contributed by atoms with E-state index in [2.05, 4.69) is 5.32 Å². The molecule has 1 heterocycles. The summed E-state index contributed by atoms with van der Waals surface area (Å²) in [5.74, 6) is -6.84. The van der Waals surface area contributed by atoms with Gasteiger partial charge in [-0.3, -0.25) is 19.2 Å². The molecule has 15 heteroatoms. The Balaban J connectivity index is 1.35. The molecule has 2 unspecified atom stereocenters. The molecule has 11 atom stereocenters. The zero-order valence-corrected chi connectivity index (χ0v) is 38.7. The van der Waals surface area contributed by atoms with Gasteiger partial charge in [-0.2, -0.15) is 0 Å². The van der Waals surface area contributed by atoms with Crippen LogP contribution in [0, 0.1) is 16.7 Å². The van der Waals surface area contributed by atoms with E-state index in [0.29, 0.717) is 5.56 Å². The molecule has 4 aliphatic rings. The monoisotopic (exact) mass is 909 g/mol. The van der Waals surface area contributed by atoms with Gasteiger partial charge in [-0.25, -0.2) is 9.59 Å². The lowest BCUT2D eigenvalue weighted by molar-refractivity contribution is -0.346. The number of hydrogen-bond donors (Lipinski definition) is 4. The van der Waals surface area contributed by atoms with Crippen LogP contribution < -0.4 is 5.32 Å². The lowest BCUT2D eigenvalue weighted by Gasteiger charge is -2.67. The van der Waals surface area contributed by atoms with Crippen molar-refractivity contribution in [2.75, 3.05) is 6.61 Å². The number of rotatable bonds is 10. The van der Waals surface area contributed by atoms with E-state index in [1.165, 1.54) is 26.0 Å². The fraction of sp³-hybridized carbons (Fsp3) is 0.490. The Morgan fingerprint density at radius 3 is 1.98 bits per heavy atom. The van der Waals surface area contributed by atoms with E-state index in [1.807, 2.05) is 32.9 Å². The number of hydrogen-bond acceptors (Lipinski definition) is 14. The van der Waals surface area contributed by atoms with Gasteiger partial charge in [0.15, 0.2) is 23.6 Å². The van der Waals surface area contributed by atoms with Crippen molar-refractivity contribution in [3.63, 3.8) is 0 Å². The van der Waals surface area contributed by atoms with Crippen LogP contribution in [0.4, 0.5) is 0 Å². The van der Waals surface area contributed by atoms with Crippen LogP contribution in [0.15, 0.2) is 96.1 Å². The molecule has 4 N–H and O–H groups in total. The molecule has 3 aliphatic carbocycles. The maximum absolute atomic E-state index is 15.6. The minimum atomic E-state index is -2.40. The zero-order chi connectivity index (χ0) is 48.3. The average Bonchev–Trinajstić information content (AvgIpc) is 3.26. The van der Waals surface area contributed by atoms with Crippen molar-refractivity contribution in [3.05, 3.63) is 118 Å². The normalized spacial score (nSPS) is 30.9. The highest BCUT2D eigenvalue weighted by atomic mass is 16.6. The summed E-state index contributed by atoms with van der Waals surface area (Å²) in [6, 6.07) is 21.8. The quantitative estimate of drug-likeness (QED) is 0.119. The molecular weight excluding hydrogens is 851 g/mol. The molecule has 1 aliphatic heterocycles. The van der Waals surface area contributed by atoms with Gasteiger partial charge in [0.2, 0.25) is 0 Å². The Morgan fingerprint density at radius 2 is 1.44 bits per heavy atom. The first-order valence-corrected chi connectivity index (χ1v) is 22.1. The van der Waals surface area contributed by atoms with Crippen LogP contribution in [0.2, 0.25) is 0 Å². The van der Waals surface area contributed by atoms with E-state index in [1.54, 1.807) is 74.5 Å². The van der Waals surface area contributed by atoms with Gasteiger partial charge in [0.05, 0.1) is 35.6 Å². The number of aliphatic hydroxyl groups is 3. The number of benzene rings is 3. The predicted octanol–water partition coefficient (Wildman–Crippen LogP) is 5.03. The van der Waals surface area contributed by atoms with Gasteiger partial charge < -0.3 is 44.3 Å². The number of carbonyl (C=O) groups excluding carboxylic acids is 6. The summed E-state index contributed by atoms with van der Waals surface area (Å²) in [5.41, 5.74) is -6.23. The number of ketones is 1. The van der Waals surface area contributed by atoms with Gasteiger partial charge >= 0.3 is 23.9 Å².